The molecule has 6 nitrogen and oxygen atoms in total. The van der Waals surface area contributed by atoms with Gasteiger partial charge in [0.1, 0.15) is 5.56 Å². The van der Waals surface area contributed by atoms with Crippen LogP contribution in [0, 0.1) is 0 Å². The van der Waals surface area contributed by atoms with Gasteiger partial charge < -0.3 is 9.52 Å². The van der Waals surface area contributed by atoms with Crippen molar-refractivity contribution in [2.24, 2.45) is 0 Å². The molecule has 0 radical (unpaired) electrons. The van der Waals surface area contributed by atoms with E-state index in [0.717, 1.165) is 12.3 Å². The van der Waals surface area contributed by atoms with Crippen LogP contribution in [0.3, 0.4) is 0 Å². The quantitative estimate of drug-likeness (QED) is 0.717. The smallest absolute Gasteiger partial charge is 0.340 e. The van der Waals surface area contributed by atoms with E-state index in [-0.39, 0.29) is 5.56 Å². The average Bonchev–Trinajstić information content (AvgIpc) is 2.52. The van der Waals surface area contributed by atoms with Crippen LogP contribution in [0.1, 0.15) is 10.4 Å². The van der Waals surface area contributed by atoms with Gasteiger partial charge >= 0.3 is 5.97 Å². The highest BCUT2D eigenvalue weighted by Crippen LogP contribution is 2.15. The van der Waals surface area contributed by atoms with E-state index in [4.69, 9.17) is 5.11 Å². The van der Waals surface area contributed by atoms with Gasteiger partial charge in [0.15, 0.2) is 0 Å². The maximum absolute atomic E-state index is 11.1. The number of hydrogen-bond donors (Lipinski definition) is 2. The monoisotopic (exact) mass is 205 g/mol. The Morgan fingerprint density at radius 2 is 2.23 bits per heavy atom. The van der Waals surface area contributed by atoms with Crippen molar-refractivity contribution in [1.82, 2.24) is 4.72 Å². The summed E-state index contributed by atoms with van der Waals surface area (Å²) in [5.41, 5.74) is -0.380. The minimum atomic E-state index is -3.83. The molecular formula is C6H7NO5S. The van der Waals surface area contributed by atoms with Gasteiger partial charge in [-0.2, -0.15) is 0 Å². The molecule has 0 aromatic carbocycles. The SMILES string of the molecule is CNS(=O)(=O)c1occc1C(=O)O. The lowest BCUT2D eigenvalue weighted by atomic mass is 10.3. The summed E-state index contributed by atoms with van der Waals surface area (Å²) >= 11 is 0. The van der Waals surface area contributed by atoms with E-state index < -0.39 is 21.1 Å². The van der Waals surface area contributed by atoms with Gasteiger partial charge in [-0.15, -0.1) is 0 Å². The second-order valence-electron chi connectivity index (χ2n) is 2.13. The van der Waals surface area contributed by atoms with Crippen LogP contribution in [0.5, 0.6) is 0 Å². The van der Waals surface area contributed by atoms with Gasteiger partial charge in [0.25, 0.3) is 10.0 Å². The molecule has 0 atom stereocenters. The third kappa shape index (κ3) is 1.70. The van der Waals surface area contributed by atoms with Crippen LogP contribution in [0.15, 0.2) is 21.8 Å². The topological polar surface area (TPSA) is 96.6 Å². The maximum atomic E-state index is 11.1. The summed E-state index contributed by atoms with van der Waals surface area (Å²) in [6.07, 6.45) is 1.01. The molecule has 2 N–H and O–H groups in total. The summed E-state index contributed by atoms with van der Waals surface area (Å²) in [6.45, 7) is 0. The van der Waals surface area contributed by atoms with Crippen LogP contribution in [-0.4, -0.2) is 26.5 Å². The Labute approximate surface area is 74.2 Å². The van der Waals surface area contributed by atoms with Crippen LogP contribution < -0.4 is 4.72 Å². The third-order valence-electron chi connectivity index (χ3n) is 1.37. The van der Waals surface area contributed by atoms with Crippen LogP contribution in [0.4, 0.5) is 0 Å². The first-order valence-electron chi connectivity index (χ1n) is 3.23. The summed E-state index contributed by atoms with van der Waals surface area (Å²) in [5, 5.41) is 7.98. The predicted octanol–water partition coefficient (Wildman–Crippen LogP) is -0.114. The minimum Gasteiger partial charge on any atom is -0.478 e. The third-order valence-corrected chi connectivity index (χ3v) is 2.71. The molecule has 7 heteroatoms. The fourth-order valence-corrected chi connectivity index (χ4v) is 1.57. The summed E-state index contributed by atoms with van der Waals surface area (Å²) in [5.74, 6) is -1.34. The largest absolute Gasteiger partial charge is 0.478 e. The van der Waals surface area contributed by atoms with Gasteiger partial charge in [0, 0.05) is 0 Å². The van der Waals surface area contributed by atoms with Crippen LogP contribution in [-0.2, 0) is 10.0 Å². The molecule has 0 aliphatic heterocycles. The molecule has 0 unspecified atom stereocenters. The van der Waals surface area contributed by atoms with Crippen LogP contribution >= 0.6 is 0 Å². The Morgan fingerprint density at radius 3 is 2.69 bits per heavy atom. The molecule has 0 aliphatic carbocycles. The second kappa shape index (κ2) is 3.19. The first-order chi connectivity index (χ1) is 5.99. The lowest BCUT2D eigenvalue weighted by molar-refractivity contribution is 0.0689. The molecule has 1 aromatic heterocycles. The Kier molecular flexibility index (Phi) is 2.39. The molecule has 0 bridgehead atoms. The molecule has 72 valence electrons. The number of carboxylic acids is 1. The summed E-state index contributed by atoms with van der Waals surface area (Å²) in [4.78, 5) is 10.5. The number of furan rings is 1. The van der Waals surface area contributed by atoms with Gasteiger partial charge in [-0.1, -0.05) is 0 Å². The highest BCUT2D eigenvalue weighted by atomic mass is 32.2. The molecular weight excluding hydrogens is 198 g/mol. The van der Waals surface area contributed by atoms with Crippen molar-refractivity contribution >= 4 is 16.0 Å². The molecule has 0 fully saturated rings. The highest BCUT2D eigenvalue weighted by molar-refractivity contribution is 7.89. The van der Waals surface area contributed by atoms with Gasteiger partial charge in [-0.3, -0.25) is 0 Å². The van der Waals surface area contributed by atoms with Gasteiger partial charge in [-0.25, -0.2) is 17.9 Å². The Bertz CT molecular complexity index is 418. The first kappa shape index (κ1) is 9.75. The van der Waals surface area contributed by atoms with Gasteiger partial charge in [0.05, 0.1) is 6.26 Å². The number of aromatic carboxylic acids is 1. The van der Waals surface area contributed by atoms with E-state index in [1.165, 1.54) is 7.05 Å². The zero-order valence-electron chi connectivity index (χ0n) is 6.64. The van der Waals surface area contributed by atoms with E-state index in [9.17, 15) is 13.2 Å². The number of hydrogen-bond acceptors (Lipinski definition) is 4. The average molecular weight is 205 g/mol. The lowest BCUT2D eigenvalue weighted by Crippen LogP contribution is -2.20. The fourth-order valence-electron chi connectivity index (χ4n) is 0.755. The summed E-state index contributed by atoms with van der Waals surface area (Å²) < 4.78 is 28.7. The second-order valence-corrected chi connectivity index (χ2v) is 3.92. The molecule has 0 amide bonds. The zero-order valence-corrected chi connectivity index (χ0v) is 7.46. The Balaban J connectivity index is 3.31. The number of nitrogens with one attached hydrogen (secondary N) is 1. The lowest BCUT2D eigenvalue weighted by Gasteiger charge is -1.98. The van der Waals surface area contributed by atoms with Crippen LogP contribution in [0.2, 0.25) is 0 Å². The molecule has 0 spiro atoms. The fraction of sp³-hybridized carbons (Fsp3) is 0.167. The molecule has 1 aromatic rings. The van der Waals surface area contributed by atoms with E-state index in [1.807, 2.05) is 4.72 Å². The van der Waals surface area contributed by atoms with Crippen molar-refractivity contribution in [1.29, 1.82) is 0 Å². The first-order valence-corrected chi connectivity index (χ1v) is 4.71. The number of rotatable bonds is 3. The Morgan fingerprint density at radius 1 is 1.62 bits per heavy atom. The highest BCUT2D eigenvalue weighted by Gasteiger charge is 2.24. The van der Waals surface area contributed by atoms with Crippen LogP contribution in [0.25, 0.3) is 0 Å². The van der Waals surface area contributed by atoms with Gasteiger partial charge in [0.2, 0.25) is 5.09 Å². The van der Waals surface area contributed by atoms with E-state index in [2.05, 4.69) is 4.42 Å². The molecule has 0 saturated carbocycles. The number of carboxylic acid groups (broad SMARTS) is 1. The van der Waals surface area contributed by atoms with E-state index >= 15 is 0 Å². The zero-order chi connectivity index (χ0) is 10.1. The minimum absolute atomic E-state index is 0.380. The standard InChI is InChI=1S/C6H7NO5S/c1-7-13(10,11)6-4(5(8)9)2-3-12-6/h2-3,7H,1H3,(H,8,9). The number of carbonyl (C=O) groups is 1. The van der Waals surface area contributed by atoms with Crippen molar-refractivity contribution in [2.75, 3.05) is 7.05 Å². The molecule has 1 heterocycles. The number of sulfonamides is 1. The molecule has 0 saturated heterocycles. The maximum Gasteiger partial charge on any atom is 0.340 e. The summed E-state index contributed by atoms with van der Waals surface area (Å²) in [7, 11) is -2.66. The summed E-state index contributed by atoms with van der Waals surface area (Å²) in [6, 6.07) is 1.08. The molecule has 13 heavy (non-hydrogen) atoms. The van der Waals surface area contributed by atoms with Crippen molar-refractivity contribution in [3.05, 3.63) is 17.9 Å². The predicted molar refractivity (Wildman–Crippen MR) is 41.9 cm³/mol. The Hall–Kier alpha value is -1.34. The van der Waals surface area contributed by atoms with E-state index in [0.29, 0.717) is 0 Å². The molecule has 1 rings (SSSR count). The van der Waals surface area contributed by atoms with Gasteiger partial charge in [-0.05, 0) is 13.1 Å². The van der Waals surface area contributed by atoms with E-state index in [1.54, 1.807) is 0 Å². The normalized spacial score (nSPS) is 11.5. The van der Waals surface area contributed by atoms with Crippen molar-refractivity contribution in [3.63, 3.8) is 0 Å². The van der Waals surface area contributed by atoms with Crippen molar-refractivity contribution < 1.29 is 22.7 Å². The van der Waals surface area contributed by atoms with Crippen molar-refractivity contribution in [3.8, 4) is 0 Å². The van der Waals surface area contributed by atoms with Crippen molar-refractivity contribution in [2.45, 2.75) is 5.09 Å². The molecule has 0 aliphatic rings.